The van der Waals surface area contributed by atoms with E-state index in [2.05, 4.69) is 4.98 Å². The van der Waals surface area contributed by atoms with E-state index in [1.165, 1.54) is 0 Å². The molecule has 0 fully saturated rings. The molecule has 2 N–H and O–H groups in total. The topological polar surface area (TPSA) is 48.1 Å². The summed E-state index contributed by atoms with van der Waals surface area (Å²) < 4.78 is 6.23. The van der Waals surface area contributed by atoms with Crippen molar-refractivity contribution < 1.29 is 4.74 Å². The van der Waals surface area contributed by atoms with E-state index in [9.17, 15) is 0 Å². The summed E-state index contributed by atoms with van der Waals surface area (Å²) in [5.74, 6) is 0.675. The van der Waals surface area contributed by atoms with Crippen LogP contribution in [0.3, 0.4) is 0 Å². The fourth-order valence-corrected chi connectivity index (χ4v) is 1.81. The number of thiazole rings is 1. The molecule has 0 saturated heterocycles. The first-order chi connectivity index (χ1) is 5.83. The molecule has 0 atom stereocenters. The van der Waals surface area contributed by atoms with Crippen LogP contribution in [0.25, 0.3) is 10.2 Å². The molecule has 0 unspecified atom stereocenters. The summed E-state index contributed by atoms with van der Waals surface area (Å²) in [5.41, 5.74) is 8.96. The molecule has 0 radical (unpaired) electrons. The predicted octanol–water partition coefficient (Wildman–Crippen LogP) is 1.89. The van der Waals surface area contributed by atoms with Gasteiger partial charge < -0.3 is 10.5 Å². The fourth-order valence-electron chi connectivity index (χ4n) is 1.14. The lowest BCUT2D eigenvalue weighted by atomic mass is 10.3. The van der Waals surface area contributed by atoms with Gasteiger partial charge in [0.05, 0.1) is 23.0 Å². The molecule has 12 heavy (non-hydrogen) atoms. The average Bonchev–Trinajstić information content (AvgIpc) is 2.52. The van der Waals surface area contributed by atoms with Crippen LogP contribution in [0.2, 0.25) is 0 Å². The highest BCUT2D eigenvalue weighted by atomic mass is 32.1. The van der Waals surface area contributed by atoms with Crippen LogP contribution in [0.15, 0.2) is 17.6 Å². The lowest BCUT2D eigenvalue weighted by Crippen LogP contribution is -1.92. The highest BCUT2D eigenvalue weighted by Gasteiger charge is 2.06. The van der Waals surface area contributed by atoms with Crippen molar-refractivity contribution in [1.82, 2.24) is 4.98 Å². The van der Waals surface area contributed by atoms with Gasteiger partial charge in [-0.2, -0.15) is 0 Å². The summed E-state index contributed by atoms with van der Waals surface area (Å²) in [4.78, 5) is 4.16. The zero-order valence-electron chi connectivity index (χ0n) is 6.57. The number of nitrogens with two attached hydrogens (primary N) is 1. The number of fused-ring (bicyclic) bond motifs is 1. The number of hydrogen-bond acceptors (Lipinski definition) is 4. The second kappa shape index (κ2) is 2.64. The van der Waals surface area contributed by atoms with E-state index in [-0.39, 0.29) is 0 Å². The quantitative estimate of drug-likeness (QED) is 0.682. The second-order valence-electron chi connectivity index (χ2n) is 2.39. The lowest BCUT2D eigenvalue weighted by molar-refractivity contribution is 0.421. The maximum atomic E-state index is 5.70. The number of ether oxygens (including phenoxy) is 1. The highest BCUT2D eigenvalue weighted by molar-refractivity contribution is 7.16. The standard InChI is InChI=1S/C8H8N2OS/c1-11-8-5(9)2-3-6-7(8)10-4-12-6/h2-4H,9H2,1H3. The Morgan fingerprint density at radius 1 is 1.50 bits per heavy atom. The third-order valence-corrected chi connectivity index (χ3v) is 2.48. The number of nitrogens with zero attached hydrogens (tertiary/aromatic N) is 1. The van der Waals surface area contributed by atoms with Crippen molar-refractivity contribution >= 4 is 27.2 Å². The Morgan fingerprint density at radius 3 is 3.08 bits per heavy atom. The first-order valence-corrected chi connectivity index (χ1v) is 4.36. The van der Waals surface area contributed by atoms with Crippen molar-refractivity contribution in [3.8, 4) is 5.75 Å². The van der Waals surface area contributed by atoms with Crippen molar-refractivity contribution in [1.29, 1.82) is 0 Å². The Labute approximate surface area is 73.8 Å². The molecule has 1 aromatic carbocycles. The van der Waals surface area contributed by atoms with Gasteiger partial charge in [-0.3, -0.25) is 0 Å². The molecule has 0 bridgehead atoms. The molecule has 1 aromatic heterocycles. The maximum Gasteiger partial charge on any atom is 0.168 e. The van der Waals surface area contributed by atoms with Crippen LogP contribution in [0, 0.1) is 0 Å². The Bertz CT molecular complexity index is 410. The zero-order valence-corrected chi connectivity index (χ0v) is 7.39. The number of benzene rings is 1. The zero-order chi connectivity index (χ0) is 8.55. The van der Waals surface area contributed by atoms with Crippen molar-refractivity contribution in [2.24, 2.45) is 0 Å². The molecule has 2 rings (SSSR count). The largest absolute Gasteiger partial charge is 0.492 e. The van der Waals surface area contributed by atoms with Crippen LogP contribution in [-0.4, -0.2) is 12.1 Å². The molecule has 0 amide bonds. The van der Waals surface area contributed by atoms with Gasteiger partial charge in [-0.25, -0.2) is 4.98 Å². The van der Waals surface area contributed by atoms with E-state index in [1.54, 1.807) is 24.0 Å². The first kappa shape index (κ1) is 7.36. The van der Waals surface area contributed by atoms with E-state index < -0.39 is 0 Å². The van der Waals surface area contributed by atoms with E-state index in [4.69, 9.17) is 10.5 Å². The summed E-state index contributed by atoms with van der Waals surface area (Å²) in [6, 6.07) is 3.78. The van der Waals surface area contributed by atoms with Gasteiger partial charge in [-0.05, 0) is 12.1 Å². The van der Waals surface area contributed by atoms with Gasteiger partial charge in [0.15, 0.2) is 5.75 Å². The van der Waals surface area contributed by atoms with E-state index >= 15 is 0 Å². The summed E-state index contributed by atoms with van der Waals surface area (Å²) >= 11 is 1.58. The smallest absolute Gasteiger partial charge is 0.168 e. The number of hydrogen-bond donors (Lipinski definition) is 1. The van der Waals surface area contributed by atoms with Gasteiger partial charge in [0, 0.05) is 0 Å². The average molecular weight is 180 g/mol. The summed E-state index contributed by atoms with van der Waals surface area (Å²) in [5, 5.41) is 0. The van der Waals surface area contributed by atoms with Crippen LogP contribution in [0.4, 0.5) is 5.69 Å². The van der Waals surface area contributed by atoms with Crippen LogP contribution in [-0.2, 0) is 0 Å². The molecular weight excluding hydrogens is 172 g/mol. The molecule has 0 aliphatic rings. The molecule has 3 nitrogen and oxygen atoms in total. The minimum absolute atomic E-state index is 0.635. The predicted molar refractivity (Wildman–Crippen MR) is 50.6 cm³/mol. The summed E-state index contributed by atoms with van der Waals surface area (Å²) in [6.07, 6.45) is 0. The molecule has 0 saturated carbocycles. The summed E-state index contributed by atoms with van der Waals surface area (Å²) in [7, 11) is 1.60. The Balaban J connectivity index is 2.83. The number of aromatic nitrogens is 1. The minimum Gasteiger partial charge on any atom is -0.492 e. The summed E-state index contributed by atoms with van der Waals surface area (Å²) in [6.45, 7) is 0. The Morgan fingerprint density at radius 2 is 2.33 bits per heavy atom. The van der Waals surface area contributed by atoms with Crippen LogP contribution < -0.4 is 10.5 Å². The van der Waals surface area contributed by atoms with Crippen LogP contribution in [0.5, 0.6) is 5.75 Å². The van der Waals surface area contributed by atoms with E-state index in [0.717, 1.165) is 10.2 Å². The maximum absolute atomic E-state index is 5.70. The third-order valence-electron chi connectivity index (χ3n) is 1.69. The van der Waals surface area contributed by atoms with Gasteiger partial charge in [0.1, 0.15) is 5.52 Å². The third kappa shape index (κ3) is 0.921. The minimum atomic E-state index is 0.635. The van der Waals surface area contributed by atoms with Crippen molar-refractivity contribution in [3.05, 3.63) is 17.6 Å². The van der Waals surface area contributed by atoms with Crippen LogP contribution >= 0.6 is 11.3 Å². The molecule has 4 heteroatoms. The van der Waals surface area contributed by atoms with E-state index in [1.807, 2.05) is 12.1 Å². The SMILES string of the molecule is COc1c(N)ccc2scnc12. The van der Waals surface area contributed by atoms with Gasteiger partial charge in [-0.15, -0.1) is 11.3 Å². The number of nitrogen functional groups attached to an aromatic ring is 1. The van der Waals surface area contributed by atoms with Gasteiger partial charge in [-0.1, -0.05) is 0 Å². The van der Waals surface area contributed by atoms with Crippen molar-refractivity contribution in [3.63, 3.8) is 0 Å². The normalized spacial score (nSPS) is 10.4. The van der Waals surface area contributed by atoms with Gasteiger partial charge >= 0.3 is 0 Å². The monoisotopic (exact) mass is 180 g/mol. The fraction of sp³-hybridized carbons (Fsp3) is 0.125. The highest BCUT2D eigenvalue weighted by Crippen LogP contribution is 2.32. The molecule has 2 aromatic rings. The number of rotatable bonds is 1. The molecule has 62 valence electrons. The molecule has 0 aliphatic heterocycles. The number of methoxy groups -OCH3 is 1. The van der Waals surface area contributed by atoms with Gasteiger partial charge in [0.25, 0.3) is 0 Å². The molecule has 0 spiro atoms. The first-order valence-electron chi connectivity index (χ1n) is 3.48. The Hall–Kier alpha value is -1.29. The second-order valence-corrected chi connectivity index (χ2v) is 3.27. The number of anilines is 1. The van der Waals surface area contributed by atoms with Crippen molar-refractivity contribution in [2.45, 2.75) is 0 Å². The van der Waals surface area contributed by atoms with E-state index in [0.29, 0.717) is 11.4 Å². The lowest BCUT2D eigenvalue weighted by Gasteiger charge is -2.03. The molecule has 1 heterocycles. The molecule has 0 aliphatic carbocycles. The Kier molecular flexibility index (Phi) is 1.62. The van der Waals surface area contributed by atoms with Crippen LogP contribution in [0.1, 0.15) is 0 Å². The van der Waals surface area contributed by atoms with Gasteiger partial charge in [0.2, 0.25) is 0 Å². The van der Waals surface area contributed by atoms with Crippen molar-refractivity contribution in [2.75, 3.05) is 12.8 Å². The molecular formula is C8H8N2OS.